The van der Waals surface area contributed by atoms with Crippen LogP contribution in [0.15, 0.2) is 30.3 Å². The average molecular weight is 324 g/mol. The zero-order valence-electron chi connectivity index (χ0n) is 14.9. The first-order valence-electron chi connectivity index (χ1n) is 9.28. The molecule has 2 aliphatic heterocycles. The maximum Gasteiger partial charge on any atom is 0.0651 e. The second-order valence-electron chi connectivity index (χ2n) is 7.45. The molecule has 0 radical (unpaired) electrons. The number of benzene rings is 1. The number of nitrogens with zero attached hydrogens (tertiary/aromatic N) is 4. The van der Waals surface area contributed by atoms with Crippen molar-refractivity contribution in [2.24, 2.45) is 0 Å². The van der Waals surface area contributed by atoms with Gasteiger partial charge in [-0.15, -0.1) is 0 Å². The quantitative estimate of drug-likeness (QED) is 0.863. The lowest BCUT2D eigenvalue weighted by Gasteiger charge is -2.46. The first-order chi connectivity index (χ1) is 11.7. The highest BCUT2D eigenvalue weighted by atomic mass is 15.3. The minimum absolute atomic E-state index is 0.796. The third-order valence-corrected chi connectivity index (χ3v) is 5.42. The molecule has 4 heteroatoms. The van der Waals surface area contributed by atoms with Crippen molar-refractivity contribution in [2.75, 3.05) is 26.2 Å². The Morgan fingerprint density at radius 3 is 2.54 bits per heavy atom. The summed E-state index contributed by atoms with van der Waals surface area (Å²) < 4.78 is 2.05. The molecule has 0 saturated carbocycles. The molecule has 0 unspecified atom stereocenters. The van der Waals surface area contributed by atoms with Gasteiger partial charge in [-0.1, -0.05) is 18.6 Å². The smallest absolute Gasteiger partial charge is 0.0651 e. The van der Waals surface area contributed by atoms with Crippen LogP contribution in [0.5, 0.6) is 0 Å². The lowest BCUT2D eigenvalue weighted by Crippen LogP contribution is -2.59. The van der Waals surface area contributed by atoms with E-state index < -0.39 is 0 Å². The van der Waals surface area contributed by atoms with Crippen LogP contribution in [0.25, 0.3) is 5.69 Å². The van der Waals surface area contributed by atoms with Crippen LogP contribution in [0.4, 0.5) is 0 Å². The largest absolute Gasteiger partial charge is 0.298 e. The first kappa shape index (κ1) is 15.9. The van der Waals surface area contributed by atoms with Gasteiger partial charge in [0, 0.05) is 31.4 Å². The third kappa shape index (κ3) is 3.26. The molecule has 1 aromatic heterocycles. The van der Waals surface area contributed by atoms with Gasteiger partial charge in [-0.05, 0) is 63.5 Å². The molecule has 4 rings (SSSR count). The van der Waals surface area contributed by atoms with Gasteiger partial charge in [-0.2, -0.15) is 5.10 Å². The van der Waals surface area contributed by atoms with E-state index >= 15 is 0 Å². The van der Waals surface area contributed by atoms with Crippen LogP contribution >= 0.6 is 0 Å². The summed E-state index contributed by atoms with van der Waals surface area (Å²) in [5.41, 5.74) is 4.83. The summed E-state index contributed by atoms with van der Waals surface area (Å²) in [4.78, 5) is 5.27. The van der Waals surface area contributed by atoms with Crippen molar-refractivity contribution < 1.29 is 0 Å². The fourth-order valence-electron chi connectivity index (χ4n) is 4.12. The Bertz CT molecular complexity index is 693. The van der Waals surface area contributed by atoms with Gasteiger partial charge in [-0.25, -0.2) is 4.68 Å². The number of piperidine rings is 1. The molecule has 1 aromatic carbocycles. The second-order valence-corrected chi connectivity index (χ2v) is 7.45. The minimum atomic E-state index is 0.796. The van der Waals surface area contributed by atoms with Gasteiger partial charge in [0.15, 0.2) is 0 Å². The summed E-state index contributed by atoms with van der Waals surface area (Å²) in [6.45, 7) is 10.3. The number of hydrogen-bond donors (Lipinski definition) is 0. The zero-order chi connectivity index (χ0) is 16.5. The van der Waals surface area contributed by atoms with Crippen molar-refractivity contribution in [3.63, 3.8) is 0 Å². The Morgan fingerprint density at radius 2 is 1.83 bits per heavy atom. The Labute approximate surface area is 145 Å². The van der Waals surface area contributed by atoms with Crippen LogP contribution < -0.4 is 0 Å². The van der Waals surface area contributed by atoms with Gasteiger partial charge in [0.1, 0.15) is 0 Å². The lowest BCUT2D eigenvalue weighted by atomic mass is 10.0. The number of hydrogen-bond acceptors (Lipinski definition) is 3. The zero-order valence-corrected chi connectivity index (χ0v) is 14.9. The molecular formula is C20H28N4. The maximum atomic E-state index is 4.60. The van der Waals surface area contributed by atoms with E-state index in [1.54, 1.807) is 0 Å². The van der Waals surface area contributed by atoms with Crippen LogP contribution in [0.3, 0.4) is 0 Å². The van der Waals surface area contributed by atoms with Gasteiger partial charge in [0.25, 0.3) is 0 Å². The molecule has 0 N–H and O–H groups in total. The van der Waals surface area contributed by atoms with Crippen LogP contribution in [0.2, 0.25) is 0 Å². The summed E-state index contributed by atoms with van der Waals surface area (Å²) in [5, 5.41) is 4.60. The molecule has 0 bridgehead atoms. The Kier molecular flexibility index (Phi) is 4.42. The van der Waals surface area contributed by atoms with E-state index in [0.717, 1.165) is 18.3 Å². The Balaban J connectivity index is 1.38. The van der Waals surface area contributed by atoms with E-state index in [1.807, 2.05) is 11.6 Å². The highest BCUT2D eigenvalue weighted by Crippen LogP contribution is 2.22. The fraction of sp³-hybridized carbons (Fsp3) is 0.550. The molecule has 128 valence electrons. The second kappa shape index (κ2) is 6.69. The summed E-state index contributed by atoms with van der Waals surface area (Å²) >= 11 is 0. The predicted octanol–water partition coefficient (Wildman–Crippen LogP) is 3.16. The van der Waals surface area contributed by atoms with Crippen molar-refractivity contribution in [3.05, 3.63) is 47.3 Å². The highest BCUT2D eigenvalue weighted by Gasteiger charge is 2.31. The van der Waals surface area contributed by atoms with Crippen molar-refractivity contribution in [2.45, 2.75) is 45.7 Å². The Hall–Kier alpha value is -1.65. The minimum Gasteiger partial charge on any atom is -0.298 e. The van der Waals surface area contributed by atoms with Gasteiger partial charge in [-0.3, -0.25) is 9.80 Å². The molecule has 24 heavy (non-hydrogen) atoms. The molecule has 0 atom stereocenters. The average Bonchev–Trinajstić information content (AvgIpc) is 2.90. The van der Waals surface area contributed by atoms with E-state index in [0.29, 0.717) is 0 Å². The van der Waals surface area contributed by atoms with Gasteiger partial charge < -0.3 is 0 Å². The highest BCUT2D eigenvalue weighted by molar-refractivity contribution is 5.37. The van der Waals surface area contributed by atoms with Crippen molar-refractivity contribution in [1.29, 1.82) is 0 Å². The number of rotatable bonds is 4. The first-order valence-corrected chi connectivity index (χ1v) is 9.28. The van der Waals surface area contributed by atoms with Crippen LogP contribution in [0.1, 0.15) is 36.2 Å². The monoisotopic (exact) mass is 324 g/mol. The molecule has 0 amide bonds. The maximum absolute atomic E-state index is 4.60. The third-order valence-electron chi connectivity index (χ3n) is 5.42. The predicted molar refractivity (Wildman–Crippen MR) is 97.5 cm³/mol. The number of aromatic nitrogens is 2. The SMILES string of the molecule is Cc1cc(C)n(-c2cccc(CN3CC(N4CCCCC4)C3)c2)n1. The molecular weight excluding hydrogens is 296 g/mol. The summed E-state index contributed by atoms with van der Waals surface area (Å²) in [7, 11) is 0. The van der Waals surface area contributed by atoms with E-state index in [9.17, 15) is 0 Å². The van der Waals surface area contributed by atoms with Gasteiger partial charge in [0.05, 0.1) is 11.4 Å². The summed E-state index contributed by atoms with van der Waals surface area (Å²) in [6, 6.07) is 11.8. The molecule has 2 aliphatic rings. The van der Waals surface area contributed by atoms with Crippen molar-refractivity contribution in [1.82, 2.24) is 19.6 Å². The van der Waals surface area contributed by atoms with Gasteiger partial charge in [0.2, 0.25) is 0 Å². The number of aryl methyl sites for hydroxylation is 2. The van der Waals surface area contributed by atoms with Crippen LogP contribution in [-0.2, 0) is 6.54 Å². The summed E-state index contributed by atoms with van der Waals surface area (Å²) in [6.07, 6.45) is 4.20. The van der Waals surface area contributed by atoms with Crippen LogP contribution in [0, 0.1) is 13.8 Å². The van der Waals surface area contributed by atoms with Gasteiger partial charge >= 0.3 is 0 Å². The lowest BCUT2D eigenvalue weighted by molar-refractivity contribution is 0.0186. The molecule has 0 spiro atoms. The molecule has 2 fully saturated rings. The fourth-order valence-corrected chi connectivity index (χ4v) is 4.12. The van der Waals surface area contributed by atoms with Crippen LogP contribution in [-0.4, -0.2) is 51.8 Å². The van der Waals surface area contributed by atoms with E-state index in [1.165, 1.54) is 62.4 Å². The molecule has 3 heterocycles. The topological polar surface area (TPSA) is 24.3 Å². The molecule has 2 aromatic rings. The van der Waals surface area contributed by atoms with E-state index in [4.69, 9.17) is 0 Å². The molecule has 0 aliphatic carbocycles. The standard InChI is InChI=1S/C20H28N4/c1-16-11-17(2)24(21-16)19-8-6-7-18(12-19)13-22-14-20(15-22)23-9-4-3-5-10-23/h6-8,11-12,20H,3-5,9-10,13-15H2,1-2H3. The molecule has 2 saturated heterocycles. The normalized spacial score (nSPS) is 20.2. The Morgan fingerprint density at radius 1 is 1.04 bits per heavy atom. The molecule has 4 nitrogen and oxygen atoms in total. The summed E-state index contributed by atoms with van der Waals surface area (Å²) in [5.74, 6) is 0. The van der Waals surface area contributed by atoms with E-state index in [-0.39, 0.29) is 0 Å². The van der Waals surface area contributed by atoms with E-state index in [2.05, 4.69) is 52.2 Å². The van der Waals surface area contributed by atoms with Crippen molar-refractivity contribution >= 4 is 0 Å². The van der Waals surface area contributed by atoms with Crippen molar-refractivity contribution in [3.8, 4) is 5.69 Å². The number of likely N-dealkylation sites (tertiary alicyclic amines) is 2.